The summed E-state index contributed by atoms with van der Waals surface area (Å²) in [4.78, 5) is 17.9. The second-order valence-electron chi connectivity index (χ2n) is 1.99. The van der Waals surface area contributed by atoms with Crippen molar-refractivity contribution in [3.8, 4) is 6.01 Å². The van der Waals surface area contributed by atoms with Crippen LogP contribution in [0.5, 0.6) is 6.01 Å². The molecule has 0 bridgehead atoms. The maximum Gasteiger partial charge on any atom is 0.449 e. The first-order valence-corrected chi connectivity index (χ1v) is 3.03. The Labute approximate surface area is 69.6 Å². The summed E-state index contributed by atoms with van der Waals surface area (Å²) in [6.45, 7) is 0. The lowest BCUT2D eigenvalue weighted by Crippen LogP contribution is -2.21. The maximum atomic E-state index is 12.0. The largest absolute Gasteiger partial charge is 0.467 e. The number of hydrogen-bond donors (Lipinski definition) is 1. The molecule has 1 aromatic rings. The molecule has 0 aliphatic heterocycles. The van der Waals surface area contributed by atoms with Gasteiger partial charge in [-0.25, -0.2) is 4.79 Å². The standard InChI is InChI=1S/C5H4F3N3O2/c1-13-4-10-2(5(6,7)8)9-3(12)11-4/h1H3,(H,9,10,11,12). The van der Waals surface area contributed by atoms with Gasteiger partial charge >= 0.3 is 17.9 Å². The van der Waals surface area contributed by atoms with E-state index < -0.39 is 23.7 Å². The van der Waals surface area contributed by atoms with Crippen LogP contribution in [0.4, 0.5) is 13.2 Å². The maximum absolute atomic E-state index is 12.0. The Morgan fingerprint density at radius 2 is 2.00 bits per heavy atom. The highest BCUT2D eigenvalue weighted by Crippen LogP contribution is 2.25. The van der Waals surface area contributed by atoms with Crippen LogP contribution in [0.3, 0.4) is 0 Å². The normalized spacial score (nSPS) is 11.4. The Hall–Kier alpha value is -1.60. The van der Waals surface area contributed by atoms with Crippen LogP contribution in [-0.4, -0.2) is 22.1 Å². The van der Waals surface area contributed by atoms with Gasteiger partial charge in [0.1, 0.15) is 0 Å². The molecule has 13 heavy (non-hydrogen) atoms. The van der Waals surface area contributed by atoms with Crippen molar-refractivity contribution in [2.45, 2.75) is 6.18 Å². The summed E-state index contributed by atoms with van der Waals surface area (Å²) >= 11 is 0. The van der Waals surface area contributed by atoms with Gasteiger partial charge < -0.3 is 4.74 Å². The Morgan fingerprint density at radius 1 is 1.38 bits per heavy atom. The second-order valence-corrected chi connectivity index (χ2v) is 1.99. The lowest BCUT2D eigenvalue weighted by atomic mass is 10.6. The summed E-state index contributed by atoms with van der Waals surface area (Å²) in [6, 6.07) is -0.615. The van der Waals surface area contributed by atoms with E-state index in [9.17, 15) is 18.0 Å². The molecule has 1 N–H and O–H groups in total. The van der Waals surface area contributed by atoms with E-state index in [1.165, 1.54) is 4.98 Å². The van der Waals surface area contributed by atoms with Crippen LogP contribution in [0, 0.1) is 0 Å². The van der Waals surface area contributed by atoms with Crippen LogP contribution in [0.2, 0.25) is 0 Å². The first-order chi connectivity index (χ1) is 5.93. The molecule has 0 radical (unpaired) electrons. The van der Waals surface area contributed by atoms with Crippen LogP contribution in [0.1, 0.15) is 5.82 Å². The molecule has 0 saturated heterocycles. The third-order valence-corrected chi connectivity index (χ3v) is 1.08. The number of aromatic nitrogens is 3. The monoisotopic (exact) mass is 195 g/mol. The molecule has 1 aromatic heterocycles. The van der Waals surface area contributed by atoms with Gasteiger partial charge in [0.2, 0.25) is 5.82 Å². The van der Waals surface area contributed by atoms with E-state index >= 15 is 0 Å². The number of methoxy groups -OCH3 is 1. The number of ether oxygens (including phenoxy) is 1. The molecule has 0 aliphatic carbocycles. The molecule has 72 valence electrons. The van der Waals surface area contributed by atoms with Crippen molar-refractivity contribution < 1.29 is 17.9 Å². The smallest absolute Gasteiger partial charge is 0.449 e. The predicted octanol–water partition coefficient (Wildman–Crippen LogP) is 0.192. The predicted molar refractivity (Wildman–Crippen MR) is 34.2 cm³/mol. The van der Waals surface area contributed by atoms with E-state index in [1.54, 1.807) is 0 Å². The van der Waals surface area contributed by atoms with Crippen molar-refractivity contribution in [1.82, 2.24) is 15.0 Å². The van der Waals surface area contributed by atoms with Crippen LogP contribution >= 0.6 is 0 Å². The van der Waals surface area contributed by atoms with Crippen LogP contribution in [-0.2, 0) is 6.18 Å². The van der Waals surface area contributed by atoms with Gasteiger partial charge in [-0.1, -0.05) is 0 Å². The second kappa shape index (κ2) is 3.04. The molecular formula is C5H4F3N3O2. The zero-order valence-corrected chi connectivity index (χ0v) is 6.34. The SMILES string of the molecule is COc1nc(C(F)(F)F)[nH]c(=O)n1. The van der Waals surface area contributed by atoms with Crippen LogP contribution in [0.15, 0.2) is 4.79 Å². The average molecular weight is 195 g/mol. The highest BCUT2D eigenvalue weighted by molar-refractivity contribution is 4.98. The zero-order valence-electron chi connectivity index (χ0n) is 6.34. The number of H-pyrrole nitrogens is 1. The highest BCUT2D eigenvalue weighted by atomic mass is 19.4. The van der Waals surface area contributed by atoms with E-state index in [4.69, 9.17) is 0 Å². The summed E-state index contributed by atoms with van der Waals surface area (Å²) in [5, 5.41) is 0. The summed E-state index contributed by atoms with van der Waals surface area (Å²) in [5.74, 6) is -1.43. The van der Waals surface area contributed by atoms with E-state index in [-0.39, 0.29) is 0 Å². The number of nitrogens with zero attached hydrogens (tertiary/aromatic N) is 2. The molecule has 0 atom stereocenters. The van der Waals surface area contributed by atoms with Crippen molar-refractivity contribution in [3.05, 3.63) is 16.3 Å². The Bertz CT molecular complexity index is 359. The molecule has 0 fully saturated rings. The van der Waals surface area contributed by atoms with Gasteiger partial charge in [0.15, 0.2) is 0 Å². The topological polar surface area (TPSA) is 67.9 Å². The number of nitrogens with one attached hydrogen (secondary N) is 1. The van der Waals surface area contributed by atoms with Crippen LogP contribution in [0.25, 0.3) is 0 Å². The Balaban J connectivity index is 3.24. The minimum Gasteiger partial charge on any atom is -0.467 e. The van der Waals surface area contributed by atoms with Gasteiger partial charge in [-0.15, -0.1) is 4.98 Å². The summed E-state index contributed by atoms with van der Waals surface area (Å²) in [7, 11) is 1.06. The molecule has 0 spiro atoms. The number of halogens is 3. The van der Waals surface area contributed by atoms with Gasteiger partial charge in [-0.2, -0.15) is 18.2 Å². The van der Waals surface area contributed by atoms with E-state index in [2.05, 4.69) is 14.7 Å². The average Bonchev–Trinajstić information content (AvgIpc) is 2.01. The minimum atomic E-state index is -4.71. The molecule has 8 heteroatoms. The van der Waals surface area contributed by atoms with Crippen molar-refractivity contribution >= 4 is 0 Å². The summed E-state index contributed by atoms with van der Waals surface area (Å²) in [6.07, 6.45) is -4.71. The van der Waals surface area contributed by atoms with E-state index in [0.717, 1.165) is 7.11 Å². The third-order valence-electron chi connectivity index (χ3n) is 1.08. The molecule has 0 amide bonds. The number of hydrogen-bond acceptors (Lipinski definition) is 4. The molecule has 0 aromatic carbocycles. The lowest BCUT2D eigenvalue weighted by molar-refractivity contribution is -0.145. The Morgan fingerprint density at radius 3 is 2.46 bits per heavy atom. The number of rotatable bonds is 1. The Kier molecular flexibility index (Phi) is 2.22. The van der Waals surface area contributed by atoms with Gasteiger partial charge in [0.25, 0.3) is 0 Å². The number of aromatic amines is 1. The molecule has 1 rings (SSSR count). The van der Waals surface area contributed by atoms with Gasteiger partial charge in [0.05, 0.1) is 7.11 Å². The van der Waals surface area contributed by atoms with Gasteiger partial charge in [-0.3, -0.25) is 4.98 Å². The first-order valence-electron chi connectivity index (χ1n) is 3.03. The fraction of sp³-hybridized carbons (Fsp3) is 0.400. The van der Waals surface area contributed by atoms with Crippen molar-refractivity contribution in [1.29, 1.82) is 0 Å². The fourth-order valence-electron chi connectivity index (χ4n) is 0.590. The number of alkyl halides is 3. The quantitative estimate of drug-likeness (QED) is 0.694. The molecule has 0 unspecified atom stereocenters. The van der Waals surface area contributed by atoms with Crippen molar-refractivity contribution in [2.24, 2.45) is 0 Å². The zero-order chi connectivity index (χ0) is 10.1. The first kappa shape index (κ1) is 9.49. The van der Waals surface area contributed by atoms with Crippen molar-refractivity contribution in [3.63, 3.8) is 0 Å². The molecule has 5 nitrogen and oxygen atoms in total. The third kappa shape index (κ3) is 2.17. The van der Waals surface area contributed by atoms with Crippen LogP contribution < -0.4 is 10.4 Å². The summed E-state index contributed by atoms with van der Waals surface area (Å²) < 4.78 is 40.2. The lowest BCUT2D eigenvalue weighted by Gasteiger charge is -2.04. The van der Waals surface area contributed by atoms with Crippen molar-refractivity contribution in [2.75, 3.05) is 7.11 Å². The summed E-state index contributed by atoms with van der Waals surface area (Å²) in [5.41, 5.74) is -1.15. The van der Waals surface area contributed by atoms with E-state index in [0.29, 0.717) is 0 Å². The molecular weight excluding hydrogens is 191 g/mol. The minimum absolute atomic E-state index is 0.615. The van der Waals surface area contributed by atoms with Gasteiger partial charge in [0, 0.05) is 0 Å². The highest BCUT2D eigenvalue weighted by Gasteiger charge is 2.34. The molecule has 0 saturated carbocycles. The molecule has 1 heterocycles. The van der Waals surface area contributed by atoms with E-state index in [1.807, 2.05) is 0 Å². The molecule has 0 aliphatic rings. The fourth-order valence-corrected chi connectivity index (χ4v) is 0.590. The van der Waals surface area contributed by atoms with Gasteiger partial charge in [-0.05, 0) is 0 Å².